The Bertz CT molecular complexity index is 607. The zero-order valence-corrected chi connectivity index (χ0v) is 12.7. The van der Waals surface area contributed by atoms with E-state index in [2.05, 4.69) is 0 Å². The van der Waals surface area contributed by atoms with Crippen LogP contribution in [0.1, 0.15) is 12.5 Å². The van der Waals surface area contributed by atoms with E-state index in [1.807, 2.05) is 6.07 Å². The van der Waals surface area contributed by atoms with Gasteiger partial charge in [0.1, 0.15) is 12.1 Å². The summed E-state index contributed by atoms with van der Waals surface area (Å²) in [5.41, 5.74) is -0.127. The molecule has 0 spiro atoms. The molecular weight excluding hydrogens is 321 g/mol. The fourth-order valence-electron chi connectivity index (χ4n) is 2.27. The zero-order valence-electron chi connectivity index (χ0n) is 11.9. The minimum absolute atomic E-state index is 0.00954. The van der Waals surface area contributed by atoms with Crippen molar-refractivity contribution in [3.63, 3.8) is 0 Å². The van der Waals surface area contributed by atoms with Gasteiger partial charge in [-0.1, -0.05) is 30.3 Å². The summed E-state index contributed by atoms with van der Waals surface area (Å²) in [4.78, 5) is 0. The normalized spacial score (nSPS) is 24.4. The van der Waals surface area contributed by atoms with Crippen molar-refractivity contribution < 1.29 is 26.3 Å². The summed E-state index contributed by atoms with van der Waals surface area (Å²) >= 11 is 0. The van der Waals surface area contributed by atoms with Crippen LogP contribution in [0.15, 0.2) is 30.3 Å². The summed E-state index contributed by atoms with van der Waals surface area (Å²) < 4.78 is 68.8. The van der Waals surface area contributed by atoms with E-state index in [0.717, 1.165) is 9.87 Å². The van der Waals surface area contributed by atoms with E-state index in [4.69, 9.17) is 4.74 Å². The Morgan fingerprint density at radius 2 is 1.95 bits per heavy atom. The maximum absolute atomic E-state index is 12.2. The number of rotatable bonds is 4. The van der Waals surface area contributed by atoms with Crippen LogP contribution in [0.3, 0.4) is 0 Å². The molecule has 1 aromatic carbocycles. The van der Waals surface area contributed by atoms with Crippen LogP contribution >= 0.6 is 0 Å². The summed E-state index contributed by atoms with van der Waals surface area (Å²) in [5.74, 6) is 0. The van der Waals surface area contributed by atoms with Gasteiger partial charge < -0.3 is 4.74 Å². The van der Waals surface area contributed by atoms with Gasteiger partial charge in [-0.3, -0.25) is 0 Å². The van der Waals surface area contributed by atoms with Crippen LogP contribution in [0, 0.1) is 0 Å². The molecular formula is C13H17F3N2O3S. The molecule has 0 saturated carbocycles. The SMILES string of the molecule is C[C@]1(c2ccccc2)CN(S(=O)(=O)NCC(F)(F)F)CCO1. The average Bonchev–Trinajstić information content (AvgIpc) is 2.46. The second kappa shape index (κ2) is 6.15. The first-order valence-corrected chi connectivity index (χ1v) is 8.07. The first-order valence-electron chi connectivity index (χ1n) is 6.63. The minimum atomic E-state index is -4.60. The van der Waals surface area contributed by atoms with Crippen molar-refractivity contribution in [3.05, 3.63) is 35.9 Å². The highest BCUT2D eigenvalue weighted by Gasteiger charge is 2.39. The maximum atomic E-state index is 12.2. The summed E-state index contributed by atoms with van der Waals surface area (Å²) in [7, 11) is -4.21. The standard InChI is InChI=1S/C13H17F3N2O3S/c1-12(11-5-3-2-4-6-11)10-18(7-8-21-12)22(19,20)17-9-13(14,15)16/h2-6,17H,7-10H2,1H3/t12-/m1/s1. The molecule has 1 aliphatic heterocycles. The zero-order chi connectivity index (χ0) is 16.4. The lowest BCUT2D eigenvalue weighted by Gasteiger charge is -2.40. The fraction of sp³-hybridized carbons (Fsp3) is 0.538. The third-order valence-electron chi connectivity index (χ3n) is 3.42. The van der Waals surface area contributed by atoms with Crippen molar-refractivity contribution in [1.82, 2.24) is 9.03 Å². The van der Waals surface area contributed by atoms with Crippen molar-refractivity contribution >= 4 is 10.2 Å². The molecule has 1 aliphatic rings. The largest absolute Gasteiger partial charge is 0.402 e. The van der Waals surface area contributed by atoms with Crippen LogP contribution < -0.4 is 4.72 Å². The molecule has 5 nitrogen and oxygen atoms in total. The first-order chi connectivity index (χ1) is 10.1. The molecule has 0 bridgehead atoms. The number of hydrogen-bond donors (Lipinski definition) is 1. The Morgan fingerprint density at radius 3 is 2.55 bits per heavy atom. The molecule has 9 heteroatoms. The molecule has 1 N–H and O–H groups in total. The number of hydrogen-bond acceptors (Lipinski definition) is 3. The van der Waals surface area contributed by atoms with Gasteiger partial charge in [-0.2, -0.15) is 30.6 Å². The first kappa shape index (κ1) is 17.2. The fourth-order valence-corrected chi connectivity index (χ4v) is 3.53. The highest BCUT2D eigenvalue weighted by Crippen LogP contribution is 2.30. The van der Waals surface area contributed by atoms with Gasteiger partial charge in [-0.05, 0) is 12.5 Å². The molecule has 0 aliphatic carbocycles. The Labute approximate surface area is 127 Å². The summed E-state index contributed by atoms with van der Waals surface area (Å²) in [6.45, 7) is 0.195. The average molecular weight is 338 g/mol. The molecule has 1 atom stereocenters. The van der Waals surface area contributed by atoms with E-state index in [1.54, 1.807) is 35.9 Å². The molecule has 0 unspecified atom stereocenters. The maximum Gasteiger partial charge on any atom is 0.402 e. The van der Waals surface area contributed by atoms with Gasteiger partial charge in [-0.25, -0.2) is 0 Å². The molecule has 0 amide bonds. The van der Waals surface area contributed by atoms with Crippen LogP contribution in [0.25, 0.3) is 0 Å². The van der Waals surface area contributed by atoms with Crippen molar-refractivity contribution in [2.24, 2.45) is 0 Å². The topological polar surface area (TPSA) is 58.6 Å². The van der Waals surface area contributed by atoms with Gasteiger partial charge >= 0.3 is 6.18 Å². The van der Waals surface area contributed by atoms with Crippen LogP contribution in [-0.2, 0) is 20.5 Å². The number of morpholine rings is 1. The van der Waals surface area contributed by atoms with Crippen LogP contribution in [0.2, 0.25) is 0 Å². The van der Waals surface area contributed by atoms with E-state index in [0.29, 0.717) is 0 Å². The number of ether oxygens (including phenoxy) is 1. The lowest BCUT2D eigenvalue weighted by molar-refractivity contribution is -0.121. The van der Waals surface area contributed by atoms with Gasteiger partial charge in [0.15, 0.2) is 0 Å². The number of alkyl halides is 3. The molecule has 0 radical (unpaired) electrons. The number of benzene rings is 1. The molecule has 1 heterocycles. The van der Waals surface area contributed by atoms with Crippen molar-refractivity contribution in [3.8, 4) is 0 Å². The lowest BCUT2D eigenvalue weighted by Crippen LogP contribution is -2.54. The Balaban J connectivity index is 2.13. The third-order valence-corrected chi connectivity index (χ3v) is 4.92. The van der Waals surface area contributed by atoms with Crippen LogP contribution in [-0.4, -0.2) is 45.1 Å². The molecule has 1 saturated heterocycles. The monoisotopic (exact) mass is 338 g/mol. The number of nitrogens with one attached hydrogen (secondary N) is 1. The summed E-state index contributed by atoms with van der Waals surface area (Å²) in [6.07, 6.45) is -4.60. The van der Waals surface area contributed by atoms with Gasteiger partial charge in [-0.15, -0.1) is 0 Å². The van der Waals surface area contributed by atoms with Gasteiger partial charge in [0.2, 0.25) is 0 Å². The molecule has 0 aromatic heterocycles. The third kappa shape index (κ3) is 4.19. The minimum Gasteiger partial charge on any atom is -0.368 e. The van der Waals surface area contributed by atoms with E-state index >= 15 is 0 Å². The predicted molar refractivity (Wildman–Crippen MR) is 74.3 cm³/mol. The van der Waals surface area contributed by atoms with Gasteiger partial charge in [0, 0.05) is 13.1 Å². The van der Waals surface area contributed by atoms with Crippen LogP contribution in [0.4, 0.5) is 13.2 Å². The molecule has 1 fully saturated rings. The molecule has 22 heavy (non-hydrogen) atoms. The lowest BCUT2D eigenvalue weighted by atomic mass is 9.95. The number of halogens is 3. The van der Waals surface area contributed by atoms with Crippen LogP contribution in [0.5, 0.6) is 0 Å². The second-order valence-corrected chi connectivity index (χ2v) is 6.98. The summed E-state index contributed by atoms with van der Waals surface area (Å²) in [6, 6.07) is 8.98. The van der Waals surface area contributed by atoms with E-state index < -0.39 is 28.5 Å². The van der Waals surface area contributed by atoms with E-state index in [1.165, 1.54) is 0 Å². The van der Waals surface area contributed by atoms with E-state index in [9.17, 15) is 21.6 Å². The highest BCUT2D eigenvalue weighted by molar-refractivity contribution is 7.87. The van der Waals surface area contributed by atoms with Gasteiger partial charge in [0.05, 0.1) is 6.61 Å². The smallest absolute Gasteiger partial charge is 0.368 e. The number of nitrogens with zero attached hydrogens (tertiary/aromatic N) is 1. The Kier molecular flexibility index (Phi) is 4.81. The van der Waals surface area contributed by atoms with E-state index in [-0.39, 0.29) is 19.7 Å². The van der Waals surface area contributed by atoms with Gasteiger partial charge in [0.25, 0.3) is 10.2 Å². The molecule has 2 rings (SSSR count). The Hall–Kier alpha value is -1.16. The van der Waals surface area contributed by atoms with Crippen molar-refractivity contribution in [1.29, 1.82) is 0 Å². The molecule has 124 valence electrons. The van der Waals surface area contributed by atoms with Crippen molar-refractivity contribution in [2.45, 2.75) is 18.7 Å². The summed E-state index contributed by atoms with van der Waals surface area (Å²) in [5, 5.41) is 0. The molecule has 1 aromatic rings. The van der Waals surface area contributed by atoms with Crippen molar-refractivity contribution in [2.75, 3.05) is 26.2 Å². The predicted octanol–water partition coefficient (Wildman–Crippen LogP) is 1.63. The quantitative estimate of drug-likeness (QED) is 0.908. The highest BCUT2D eigenvalue weighted by atomic mass is 32.2. The second-order valence-electron chi connectivity index (χ2n) is 5.22. The Morgan fingerprint density at radius 1 is 1.32 bits per heavy atom.